The molecule has 0 bridgehead atoms. The fraction of sp³-hybridized carbons (Fsp3) is 0.600. The lowest BCUT2D eigenvalue weighted by Crippen LogP contribution is -2.22. The molecule has 4 heteroatoms. The average Bonchev–Trinajstić information content (AvgIpc) is 1.88. The van der Waals surface area contributed by atoms with Gasteiger partial charge in [-0.15, -0.1) is 0 Å². The standard InChI is InChI=1S/C5H8N2OS/c1-2-4-3-6-7-5(8)9-4/h3-4H,2H2,1H3,(H,7,8). The molecular formula is C5H8N2OS. The van der Waals surface area contributed by atoms with Crippen molar-refractivity contribution in [2.75, 3.05) is 0 Å². The molecule has 1 aliphatic heterocycles. The number of hydrazone groups is 1. The van der Waals surface area contributed by atoms with E-state index in [0.29, 0.717) is 0 Å². The molecule has 1 N–H and O–H groups in total. The summed E-state index contributed by atoms with van der Waals surface area (Å²) in [6.45, 7) is 2.03. The van der Waals surface area contributed by atoms with Gasteiger partial charge in [0.15, 0.2) is 0 Å². The first-order chi connectivity index (χ1) is 4.33. The van der Waals surface area contributed by atoms with Crippen molar-refractivity contribution in [2.24, 2.45) is 5.10 Å². The van der Waals surface area contributed by atoms with Gasteiger partial charge in [0.2, 0.25) is 0 Å². The Kier molecular flexibility index (Phi) is 2.10. The number of thioether (sulfide) groups is 1. The topological polar surface area (TPSA) is 41.5 Å². The molecule has 1 atom stereocenters. The number of rotatable bonds is 1. The second-order valence-electron chi connectivity index (χ2n) is 1.74. The summed E-state index contributed by atoms with van der Waals surface area (Å²) in [4.78, 5) is 10.6. The summed E-state index contributed by atoms with van der Waals surface area (Å²) in [7, 11) is 0. The quantitative estimate of drug-likeness (QED) is 0.601. The van der Waals surface area contributed by atoms with Gasteiger partial charge >= 0.3 is 0 Å². The largest absolute Gasteiger partial charge is 0.299 e. The molecule has 0 saturated heterocycles. The highest BCUT2D eigenvalue weighted by molar-refractivity contribution is 8.14. The van der Waals surface area contributed by atoms with Gasteiger partial charge in [0.25, 0.3) is 5.24 Å². The average molecular weight is 144 g/mol. The van der Waals surface area contributed by atoms with Crippen LogP contribution in [0.25, 0.3) is 0 Å². The van der Waals surface area contributed by atoms with E-state index in [9.17, 15) is 4.79 Å². The number of nitrogens with zero attached hydrogens (tertiary/aromatic N) is 1. The molecule has 9 heavy (non-hydrogen) atoms. The zero-order chi connectivity index (χ0) is 6.69. The van der Waals surface area contributed by atoms with Crippen LogP contribution >= 0.6 is 11.8 Å². The van der Waals surface area contributed by atoms with E-state index in [-0.39, 0.29) is 10.5 Å². The normalized spacial score (nSPS) is 25.9. The molecule has 0 aromatic heterocycles. The maximum atomic E-state index is 10.6. The minimum absolute atomic E-state index is 0.0515. The zero-order valence-corrected chi connectivity index (χ0v) is 5.94. The van der Waals surface area contributed by atoms with E-state index in [2.05, 4.69) is 10.5 Å². The van der Waals surface area contributed by atoms with E-state index >= 15 is 0 Å². The number of amides is 1. The maximum absolute atomic E-state index is 10.6. The molecule has 0 saturated carbocycles. The van der Waals surface area contributed by atoms with Crippen molar-refractivity contribution in [3.8, 4) is 0 Å². The summed E-state index contributed by atoms with van der Waals surface area (Å²) in [6, 6.07) is 0. The molecule has 0 aromatic rings. The van der Waals surface area contributed by atoms with Gasteiger partial charge in [-0.1, -0.05) is 18.7 Å². The Morgan fingerprint density at radius 1 is 2.00 bits per heavy atom. The SMILES string of the molecule is CCC1C=NNC(=O)S1. The fourth-order valence-corrected chi connectivity index (χ4v) is 1.22. The van der Waals surface area contributed by atoms with Gasteiger partial charge < -0.3 is 0 Å². The van der Waals surface area contributed by atoms with Gasteiger partial charge in [-0.05, 0) is 6.42 Å². The Labute approximate surface area is 57.9 Å². The van der Waals surface area contributed by atoms with E-state index in [1.54, 1.807) is 6.21 Å². The highest BCUT2D eigenvalue weighted by Gasteiger charge is 2.13. The van der Waals surface area contributed by atoms with Crippen LogP contribution in [-0.2, 0) is 0 Å². The third-order valence-electron chi connectivity index (χ3n) is 1.06. The number of nitrogens with one attached hydrogen (secondary N) is 1. The maximum Gasteiger partial charge on any atom is 0.299 e. The molecule has 0 spiro atoms. The molecule has 1 unspecified atom stereocenters. The van der Waals surface area contributed by atoms with Gasteiger partial charge in [0.1, 0.15) is 0 Å². The molecule has 1 heterocycles. The minimum atomic E-state index is -0.0515. The first kappa shape index (κ1) is 6.61. The van der Waals surface area contributed by atoms with Crippen molar-refractivity contribution in [2.45, 2.75) is 18.6 Å². The zero-order valence-electron chi connectivity index (χ0n) is 5.13. The number of hydrogen-bond donors (Lipinski definition) is 1. The number of hydrogen-bond acceptors (Lipinski definition) is 3. The Morgan fingerprint density at radius 2 is 2.78 bits per heavy atom. The molecular weight excluding hydrogens is 136 g/mol. The molecule has 0 radical (unpaired) electrons. The minimum Gasteiger partial charge on any atom is -0.260 e. The molecule has 1 aliphatic rings. The predicted octanol–water partition coefficient (Wildman–Crippen LogP) is 1.21. The smallest absolute Gasteiger partial charge is 0.260 e. The lowest BCUT2D eigenvalue weighted by atomic mass is 10.4. The lowest BCUT2D eigenvalue weighted by molar-refractivity contribution is 0.261. The molecule has 0 aliphatic carbocycles. The fourth-order valence-electron chi connectivity index (χ4n) is 0.556. The van der Waals surface area contributed by atoms with Crippen LogP contribution in [0.5, 0.6) is 0 Å². The van der Waals surface area contributed by atoms with Crippen molar-refractivity contribution in [1.82, 2.24) is 5.43 Å². The van der Waals surface area contributed by atoms with Gasteiger partial charge in [-0.3, -0.25) is 4.79 Å². The predicted molar refractivity (Wildman–Crippen MR) is 38.7 cm³/mol. The third-order valence-corrected chi connectivity index (χ3v) is 2.12. The molecule has 1 amide bonds. The van der Waals surface area contributed by atoms with Crippen LogP contribution in [0.3, 0.4) is 0 Å². The third kappa shape index (κ3) is 1.71. The summed E-state index contributed by atoms with van der Waals surface area (Å²) in [6.07, 6.45) is 2.72. The second-order valence-corrected chi connectivity index (χ2v) is 2.95. The lowest BCUT2D eigenvalue weighted by Gasteiger charge is -2.10. The number of carbonyl (C=O) groups is 1. The molecule has 50 valence electrons. The monoisotopic (exact) mass is 144 g/mol. The highest BCUT2D eigenvalue weighted by atomic mass is 32.2. The summed E-state index contributed by atoms with van der Waals surface area (Å²) in [5.74, 6) is 0. The second kappa shape index (κ2) is 2.87. The Bertz CT molecular complexity index is 146. The van der Waals surface area contributed by atoms with Crippen molar-refractivity contribution >= 4 is 23.2 Å². The van der Waals surface area contributed by atoms with Crippen LogP contribution in [0.2, 0.25) is 0 Å². The first-order valence-corrected chi connectivity index (χ1v) is 3.70. The van der Waals surface area contributed by atoms with Gasteiger partial charge in [0.05, 0.1) is 5.25 Å². The van der Waals surface area contributed by atoms with Gasteiger partial charge in [-0.25, -0.2) is 5.43 Å². The summed E-state index contributed by atoms with van der Waals surface area (Å²) in [5, 5.41) is 3.89. The van der Waals surface area contributed by atoms with Crippen molar-refractivity contribution in [1.29, 1.82) is 0 Å². The van der Waals surface area contributed by atoms with Crippen LogP contribution in [0.15, 0.2) is 5.10 Å². The first-order valence-electron chi connectivity index (χ1n) is 2.82. The molecule has 0 fully saturated rings. The number of carbonyl (C=O) groups excluding carboxylic acids is 1. The summed E-state index contributed by atoms with van der Waals surface area (Å²) in [5.41, 5.74) is 2.34. The van der Waals surface area contributed by atoms with E-state index in [0.717, 1.165) is 6.42 Å². The Balaban J connectivity index is 2.49. The van der Waals surface area contributed by atoms with E-state index in [1.165, 1.54) is 11.8 Å². The van der Waals surface area contributed by atoms with Crippen LogP contribution < -0.4 is 5.43 Å². The van der Waals surface area contributed by atoms with E-state index in [4.69, 9.17) is 0 Å². The van der Waals surface area contributed by atoms with Crippen molar-refractivity contribution < 1.29 is 4.79 Å². The van der Waals surface area contributed by atoms with Crippen molar-refractivity contribution in [3.63, 3.8) is 0 Å². The van der Waals surface area contributed by atoms with E-state index < -0.39 is 0 Å². The summed E-state index contributed by atoms with van der Waals surface area (Å²) < 4.78 is 0. The Hall–Kier alpha value is -0.510. The van der Waals surface area contributed by atoms with E-state index in [1.807, 2.05) is 6.92 Å². The van der Waals surface area contributed by atoms with Crippen LogP contribution in [0, 0.1) is 0 Å². The van der Waals surface area contributed by atoms with Crippen LogP contribution in [0.1, 0.15) is 13.3 Å². The summed E-state index contributed by atoms with van der Waals surface area (Å²) >= 11 is 1.29. The Morgan fingerprint density at radius 3 is 3.22 bits per heavy atom. The molecule has 3 nitrogen and oxygen atoms in total. The van der Waals surface area contributed by atoms with Gasteiger partial charge in [-0.2, -0.15) is 5.10 Å². The highest BCUT2D eigenvalue weighted by Crippen LogP contribution is 2.15. The molecule has 1 rings (SSSR count). The molecule has 0 aromatic carbocycles. The van der Waals surface area contributed by atoms with Gasteiger partial charge in [0, 0.05) is 6.21 Å². The van der Waals surface area contributed by atoms with Crippen molar-refractivity contribution in [3.05, 3.63) is 0 Å². The van der Waals surface area contributed by atoms with Crippen LogP contribution in [0.4, 0.5) is 4.79 Å². The van der Waals surface area contributed by atoms with Crippen LogP contribution in [-0.4, -0.2) is 16.7 Å².